The minimum Gasteiger partial charge on any atom is -0.355 e. The second-order valence-corrected chi connectivity index (χ2v) is 11.1. The van der Waals surface area contributed by atoms with Gasteiger partial charge in [-0.1, -0.05) is 47.5 Å². The van der Waals surface area contributed by atoms with Crippen LogP contribution in [-0.2, 0) is 17.5 Å². The summed E-state index contributed by atoms with van der Waals surface area (Å²) in [6.45, 7) is 4.65. The van der Waals surface area contributed by atoms with E-state index < -0.39 is 17.6 Å². The molecule has 1 fully saturated rings. The first-order valence-corrected chi connectivity index (χ1v) is 14.0. The molecule has 0 aliphatic carbocycles. The van der Waals surface area contributed by atoms with Crippen LogP contribution >= 0.6 is 23.2 Å². The van der Waals surface area contributed by atoms with Crippen LogP contribution in [0.3, 0.4) is 0 Å². The first-order valence-electron chi connectivity index (χ1n) is 13.2. The summed E-state index contributed by atoms with van der Waals surface area (Å²) in [6, 6.07) is 16.9. The predicted octanol–water partition coefficient (Wildman–Crippen LogP) is 7.04. The SMILES string of the molecule is C[C@@H]1CC(NC(=O)CNC(=O)c2ccccc2Nc2cccc(C(F)(F)F)c2)C[C@H](C)N1Cc1ccc(Cl)cc1Cl. The van der Waals surface area contributed by atoms with Gasteiger partial charge >= 0.3 is 6.18 Å². The van der Waals surface area contributed by atoms with Gasteiger partial charge in [0.1, 0.15) is 0 Å². The molecule has 4 rings (SSSR count). The predicted molar refractivity (Wildman–Crippen MR) is 156 cm³/mol. The summed E-state index contributed by atoms with van der Waals surface area (Å²) in [5, 5.41) is 9.72. The number of nitrogens with one attached hydrogen (secondary N) is 3. The minimum absolute atomic E-state index is 0.0591. The number of carbonyl (C=O) groups excluding carboxylic acids is 2. The monoisotopic (exact) mass is 606 g/mol. The Labute approximate surface area is 247 Å². The van der Waals surface area contributed by atoms with Crippen LogP contribution in [-0.4, -0.2) is 41.4 Å². The Morgan fingerprint density at radius 3 is 2.34 bits per heavy atom. The van der Waals surface area contributed by atoms with Gasteiger partial charge in [0.05, 0.1) is 23.4 Å². The molecule has 0 bridgehead atoms. The standard InChI is InChI=1S/C30H31Cl2F3N4O2/c1-18-12-24(13-19(2)39(18)17-20-10-11-22(31)15-26(20)32)38-28(40)16-36-29(41)25-8-3-4-9-27(25)37-23-7-5-6-21(14-23)30(33,34)35/h3-11,14-15,18-19,24,37H,12-13,16-17H2,1-2H3,(H,36,41)(H,38,40)/t18-,19+,24?. The van der Waals surface area contributed by atoms with E-state index in [9.17, 15) is 22.8 Å². The summed E-state index contributed by atoms with van der Waals surface area (Å²) >= 11 is 12.4. The van der Waals surface area contributed by atoms with Crippen LogP contribution in [0.15, 0.2) is 66.7 Å². The van der Waals surface area contributed by atoms with E-state index in [1.54, 1.807) is 24.3 Å². The number of likely N-dealkylation sites (tertiary alicyclic amines) is 1. The van der Waals surface area contributed by atoms with Crippen LogP contribution in [0.2, 0.25) is 10.0 Å². The zero-order valence-corrected chi connectivity index (χ0v) is 24.1. The van der Waals surface area contributed by atoms with Gasteiger partial charge in [-0.25, -0.2) is 0 Å². The van der Waals surface area contributed by atoms with E-state index in [1.807, 2.05) is 12.1 Å². The molecule has 218 valence electrons. The number of hydrogen-bond donors (Lipinski definition) is 3. The number of amides is 2. The number of nitrogens with zero attached hydrogens (tertiary/aromatic N) is 1. The first kappa shape index (κ1) is 30.7. The molecule has 3 N–H and O–H groups in total. The Morgan fingerprint density at radius 2 is 1.66 bits per heavy atom. The van der Waals surface area contributed by atoms with Crippen LogP contribution in [0.5, 0.6) is 0 Å². The van der Waals surface area contributed by atoms with Crippen molar-refractivity contribution in [3.05, 3.63) is 93.5 Å². The number of rotatable bonds is 8. The number of carbonyl (C=O) groups is 2. The summed E-state index contributed by atoms with van der Waals surface area (Å²) < 4.78 is 39.3. The maximum absolute atomic E-state index is 13.1. The number of hydrogen-bond acceptors (Lipinski definition) is 4. The molecule has 0 radical (unpaired) electrons. The van der Waals surface area contributed by atoms with Gasteiger partial charge in [0.25, 0.3) is 5.91 Å². The second-order valence-electron chi connectivity index (χ2n) is 10.3. The topological polar surface area (TPSA) is 73.5 Å². The molecular formula is C30H31Cl2F3N4O2. The highest BCUT2D eigenvalue weighted by atomic mass is 35.5. The summed E-state index contributed by atoms with van der Waals surface area (Å²) in [7, 11) is 0. The largest absolute Gasteiger partial charge is 0.416 e. The van der Waals surface area contributed by atoms with Crippen LogP contribution in [0, 0.1) is 0 Å². The molecule has 41 heavy (non-hydrogen) atoms. The molecule has 3 aromatic carbocycles. The zero-order chi connectivity index (χ0) is 29.7. The van der Waals surface area contributed by atoms with Crippen molar-refractivity contribution in [3.63, 3.8) is 0 Å². The summed E-state index contributed by atoms with van der Waals surface area (Å²) in [4.78, 5) is 28.0. The normalized spacial score (nSPS) is 19.4. The van der Waals surface area contributed by atoms with Crippen molar-refractivity contribution in [1.29, 1.82) is 0 Å². The third-order valence-electron chi connectivity index (χ3n) is 7.17. The van der Waals surface area contributed by atoms with Crippen LogP contribution in [0.25, 0.3) is 0 Å². The Hall–Kier alpha value is -3.27. The molecule has 3 atom stereocenters. The van der Waals surface area contributed by atoms with Crippen LogP contribution in [0.4, 0.5) is 24.5 Å². The summed E-state index contributed by atoms with van der Waals surface area (Å²) in [5.41, 5.74) is 0.896. The van der Waals surface area contributed by atoms with E-state index >= 15 is 0 Å². The van der Waals surface area contributed by atoms with Gasteiger partial charge in [-0.15, -0.1) is 0 Å². The first-order chi connectivity index (χ1) is 19.4. The number of piperidine rings is 1. The lowest BCUT2D eigenvalue weighted by molar-refractivity contribution is -0.137. The van der Waals surface area contributed by atoms with Crippen LogP contribution in [0.1, 0.15) is 48.2 Å². The van der Waals surface area contributed by atoms with E-state index in [0.717, 1.165) is 30.5 Å². The number of benzene rings is 3. The Bertz CT molecular complexity index is 1390. The van der Waals surface area contributed by atoms with Gasteiger partial charge in [0.2, 0.25) is 5.91 Å². The number of halogens is 5. The fraction of sp³-hybridized carbons (Fsp3) is 0.333. The molecule has 1 aliphatic heterocycles. The van der Waals surface area contributed by atoms with Crippen molar-refractivity contribution in [3.8, 4) is 0 Å². The average molecular weight is 608 g/mol. The van der Waals surface area contributed by atoms with E-state index in [0.29, 0.717) is 22.3 Å². The molecule has 6 nitrogen and oxygen atoms in total. The molecule has 0 saturated carbocycles. The van der Waals surface area contributed by atoms with Gasteiger partial charge in [-0.3, -0.25) is 14.5 Å². The van der Waals surface area contributed by atoms with Crippen molar-refractivity contribution >= 4 is 46.4 Å². The van der Waals surface area contributed by atoms with Gasteiger partial charge in [-0.2, -0.15) is 13.2 Å². The van der Waals surface area contributed by atoms with E-state index in [-0.39, 0.29) is 41.8 Å². The van der Waals surface area contributed by atoms with Crippen molar-refractivity contribution in [2.75, 3.05) is 11.9 Å². The lowest BCUT2D eigenvalue weighted by Crippen LogP contribution is -2.53. The Kier molecular flexibility index (Phi) is 9.84. The van der Waals surface area contributed by atoms with Gasteiger partial charge in [0, 0.05) is 40.4 Å². The minimum atomic E-state index is -4.49. The smallest absolute Gasteiger partial charge is 0.355 e. The van der Waals surface area contributed by atoms with E-state index in [1.165, 1.54) is 18.2 Å². The van der Waals surface area contributed by atoms with Crippen molar-refractivity contribution in [2.45, 2.75) is 57.5 Å². The number of alkyl halides is 3. The van der Waals surface area contributed by atoms with Gasteiger partial charge < -0.3 is 16.0 Å². The van der Waals surface area contributed by atoms with Crippen LogP contribution < -0.4 is 16.0 Å². The molecule has 0 aromatic heterocycles. The molecule has 1 heterocycles. The lowest BCUT2D eigenvalue weighted by atomic mass is 9.92. The maximum atomic E-state index is 13.1. The fourth-order valence-corrected chi connectivity index (χ4v) is 5.62. The average Bonchev–Trinajstić information content (AvgIpc) is 2.90. The maximum Gasteiger partial charge on any atom is 0.416 e. The fourth-order valence-electron chi connectivity index (χ4n) is 5.15. The Balaban J connectivity index is 1.31. The molecule has 1 saturated heterocycles. The number of anilines is 2. The summed E-state index contributed by atoms with van der Waals surface area (Å²) in [5.74, 6) is -0.841. The van der Waals surface area contributed by atoms with Crippen molar-refractivity contribution < 1.29 is 22.8 Å². The molecule has 1 unspecified atom stereocenters. The molecule has 11 heteroatoms. The highest BCUT2D eigenvalue weighted by molar-refractivity contribution is 6.35. The third kappa shape index (κ3) is 8.15. The van der Waals surface area contributed by atoms with E-state index in [2.05, 4.69) is 34.7 Å². The second kappa shape index (κ2) is 13.1. The molecule has 2 amide bonds. The zero-order valence-electron chi connectivity index (χ0n) is 22.6. The van der Waals surface area contributed by atoms with Crippen molar-refractivity contribution in [2.24, 2.45) is 0 Å². The molecule has 1 aliphatic rings. The number of para-hydroxylation sites is 1. The van der Waals surface area contributed by atoms with Crippen molar-refractivity contribution in [1.82, 2.24) is 15.5 Å². The van der Waals surface area contributed by atoms with Gasteiger partial charge in [0.15, 0.2) is 0 Å². The van der Waals surface area contributed by atoms with Gasteiger partial charge in [-0.05, 0) is 74.7 Å². The van der Waals surface area contributed by atoms with E-state index in [4.69, 9.17) is 23.2 Å². The summed E-state index contributed by atoms with van der Waals surface area (Å²) in [6.07, 6.45) is -3.02. The molecule has 3 aromatic rings. The lowest BCUT2D eigenvalue weighted by Gasteiger charge is -2.43. The molecular weight excluding hydrogens is 576 g/mol. The third-order valence-corrected chi connectivity index (χ3v) is 7.75. The quantitative estimate of drug-likeness (QED) is 0.257. The Morgan fingerprint density at radius 1 is 0.951 bits per heavy atom. The highest BCUT2D eigenvalue weighted by Gasteiger charge is 2.32. The molecule has 0 spiro atoms. The highest BCUT2D eigenvalue weighted by Crippen LogP contribution is 2.32.